The lowest BCUT2D eigenvalue weighted by Crippen LogP contribution is -2.40. The van der Waals surface area contributed by atoms with Crippen molar-refractivity contribution in [2.75, 3.05) is 13.2 Å². The van der Waals surface area contributed by atoms with Gasteiger partial charge < -0.3 is 14.9 Å². The summed E-state index contributed by atoms with van der Waals surface area (Å²) in [5.41, 5.74) is 1.12. The summed E-state index contributed by atoms with van der Waals surface area (Å²) in [5.74, 6) is 0.315. The van der Waals surface area contributed by atoms with Crippen molar-refractivity contribution in [3.8, 4) is 5.75 Å². The van der Waals surface area contributed by atoms with Crippen LogP contribution in [-0.4, -0.2) is 46.5 Å². The first-order chi connectivity index (χ1) is 10.5. The minimum absolute atomic E-state index is 0.134. The molecular formula is C18H29NO3. The lowest BCUT2D eigenvalue weighted by molar-refractivity contribution is 0.0269. The molecule has 22 heavy (non-hydrogen) atoms. The van der Waals surface area contributed by atoms with Gasteiger partial charge >= 0.3 is 0 Å². The fraction of sp³-hybridized carbons (Fsp3) is 0.667. The van der Waals surface area contributed by atoms with Gasteiger partial charge in [-0.05, 0) is 57.2 Å². The lowest BCUT2D eigenvalue weighted by Gasteiger charge is -2.36. The van der Waals surface area contributed by atoms with Gasteiger partial charge in [0.2, 0.25) is 0 Å². The van der Waals surface area contributed by atoms with E-state index in [0.29, 0.717) is 11.8 Å². The van der Waals surface area contributed by atoms with Gasteiger partial charge in [0, 0.05) is 19.1 Å². The second-order valence-corrected chi connectivity index (χ2v) is 6.52. The Labute approximate surface area is 133 Å². The topological polar surface area (TPSA) is 52.9 Å². The smallest absolute Gasteiger partial charge is 0.115 e. The van der Waals surface area contributed by atoms with Crippen LogP contribution in [-0.2, 0) is 11.3 Å². The van der Waals surface area contributed by atoms with Crippen LogP contribution >= 0.6 is 0 Å². The maximum atomic E-state index is 9.71. The van der Waals surface area contributed by atoms with Crippen LogP contribution in [0.3, 0.4) is 0 Å². The first-order valence-corrected chi connectivity index (χ1v) is 8.36. The van der Waals surface area contributed by atoms with Crippen molar-refractivity contribution < 1.29 is 14.9 Å². The molecule has 2 N–H and O–H groups in total. The van der Waals surface area contributed by atoms with E-state index in [4.69, 9.17) is 4.74 Å². The predicted molar refractivity (Wildman–Crippen MR) is 87.9 cm³/mol. The van der Waals surface area contributed by atoms with Gasteiger partial charge in [0.25, 0.3) is 0 Å². The molecule has 1 aliphatic carbocycles. The van der Waals surface area contributed by atoms with Gasteiger partial charge in [0.05, 0.1) is 18.8 Å². The molecule has 0 aromatic heterocycles. The summed E-state index contributed by atoms with van der Waals surface area (Å²) in [6, 6.07) is 7.95. The van der Waals surface area contributed by atoms with Gasteiger partial charge in [-0.1, -0.05) is 12.1 Å². The molecule has 1 fully saturated rings. The number of phenolic OH excluding ortho intramolecular Hbond substituents is 1. The lowest BCUT2D eigenvalue weighted by atomic mass is 9.91. The van der Waals surface area contributed by atoms with Crippen LogP contribution in [0.15, 0.2) is 24.3 Å². The van der Waals surface area contributed by atoms with E-state index in [9.17, 15) is 10.2 Å². The highest BCUT2D eigenvalue weighted by Gasteiger charge is 2.24. The highest BCUT2D eigenvalue weighted by molar-refractivity contribution is 5.27. The number of aromatic hydroxyl groups is 1. The van der Waals surface area contributed by atoms with Crippen LogP contribution in [0.5, 0.6) is 5.75 Å². The van der Waals surface area contributed by atoms with Gasteiger partial charge in [-0.2, -0.15) is 0 Å². The fourth-order valence-corrected chi connectivity index (χ4v) is 3.11. The van der Waals surface area contributed by atoms with E-state index in [0.717, 1.165) is 50.9 Å². The molecule has 0 radical (unpaired) electrons. The molecule has 1 saturated carbocycles. The van der Waals surface area contributed by atoms with Gasteiger partial charge in [0.15, 0.2) is 0 Å². The number of aliphatic hydroxyl groups excluding tert-OH is 1. The van der Waals surface area contributed by atoms with Gasteiger partial charge in [-0.25, -0.2) is 0 Å². The van der Waals surface area contributed by atoms with Crippen molar-refractivity contribution >= 4 is 0 Å². The molecular weight excluding hydrogens is 278 g/mol. The Bertz CT molecular complexity index is 442. The van der Waals surface area contributed by atoms with E-state index < -0.39 is 0 Å². The summed E-state index contributed by atoms with van der Waals surface area (Å²) in [6.07, 6.45) is 3.93. The zero-order valence-electron chi connectivity index (χ0n) is 13.7. The Morgan fingerprint density at radius 2 is 1.95 bits per heavy atom. The predicted octanol–water partition coefficient (Wildman–Crippen LogP) is 2.92. The third kappa shape index (κ3) is 5.59. The number of hydrogen-bond donors (Lipinski definition) is 2. The third-order valence-corrected chi connectivity index (χ3v) is 4.31. The van der Waals surface area contributed by atoms with Crippen LogP contribution in [0.4, 0.5) is 0 Å². The summed E-state index contributed by atoms with van der Waals surface area (Å²) in [6.45, 7) is 6.52. The molecule has 0 amide bonds. The number of nitrogens with zero attached hydrogens (tertiary/aromatic N) is 1. The molecule has 0 bridgehead atoms. The molecule has 1 aromatic carbocycles. The molecule has 0 unspecified atom stereocenters. The molecule has 1 aromatic rings. The van der Waals surface area contributed by atoms with Crippen LogP contribution < -0.4 is 0 Å². The van der Waals surface area contributed by atoms with E-state index in [1.165, 1.54) is 0 Å². The second kappa shape index (κ2) is 8.51. The number of aliphatic hydroxyl groups is 1. The summed E-state index contributed by atoms with van der Waals surface area (Å²) in [7, 11) is 0. The van der Waals surface area contributed by atoms with Crippen LogP contribution in [0.1, 0.15) is 45.1 Å². The first kappa shape index (κ1) is 17.3. The zero-order valence-corrected chi connectivity index (χ0v) is 13.7. The zero-order chi connectivity index (χ0) is 15.9. The average Bonchev–Trinajstić information content (AvgIpc) is 2.47. The van der Waals surface area contributed by atoms with E-state index in [1.54, 1.807) is 6.07 Å². The molecule has 1 aliphatic rings. The van der Waals surface area contributed by atoms with Gasteiger partial charge in [-0.3, -0.25) is 4.90 Å². The minimum Gasteiger partial charge on any atom is -0.508 e. The molecule has 124 valence electrons. The number of ether oxygens (including phenoxy) is 1. The molecule has 0 spiro atoms. The highest BCUT2D eigenvalue weighted by Crippen LogP contribution is 2.25. The molecule has 0 heterocycles. The number of hydrogen-bond acceptors (Lipinski definition) is 4. The second-order valence-electron chi connectivity index (χ2n) is 6.52. The van der Waals surface area contributed by atoms with Gasteiger partial charge in [0.1, 0.15) is 5.75 Å². The fourth-order valence-electron chi connectivity index (χ4n) is 3.11. The standard InChI is InChI=1S/C18H29NO3/c1-14(2)22-11-10-19(16-6-8-17(20)9-7-16)13-15-4-3-5-18(21)12-15/h3-5,12,14,16-17,20-21H,6-11,13H2,1-2H3. The highest BCUT2D eigenvalue weighted by atomic mass is 16.5. The van der Waals surface area contributed by atoms with E-state index in [-0.39, 0.29) is 12.2 Å². The van der Waals surface area contributed by atoms with Crippen molar-refractivity contribution in [1.29, 1.82) is 0 Å². The molecule has 4 heteroatoms. The quantitative estimate of drug-likeness (QED) is 0.813. The van der Waals surface area contributed by atoms with Crippen molar-refractivity contribution in [2.45, 2.75) is 64.3 Å². The molecule has 4 nitrogen and oxygen atoms in total. The molecule has 2 rings (SSSR count). The molecule has 0 saturated heterocycles. The van der Waals surface area contributed by atoms with Crippen LogP contribution in [0.25, 0.3) is 0 Å². The molecule has 0 aliphatic heterocycles. The van der Waals surface area contributed by atoms with E-state index in [2.05, 4.69) is 18.7 Å². The van der Waals surface area contributed by atoms with Crippen molar-refractivity contribution in [3.63, 3.8) is 0 Å². The maximum absolute atomic E-state index is 9.71. The summed E-state index contributed by atoms with van der Waals surface area (Å²) in [5, 5.41) is 19.4. The number of benzene rings is 1. The monoisotopic (exact) mass is 307 g/mol. The summed E-state index contributed by atoms with van der Waals surface area (Å²) >= 11 is 0. The summed E-state index contributed by atoms with van der Waals surface area (Å²) < 4.78 is 5.71. The Hall–Kier alpha value is -1.10. The summed E-state index contributed by atoms with van der Waals surface area (Å²) in [4.78, 5) is 2.43. The van der Waals surface area contributed by atoms with Crippen molar-refractivity contribution in [2.24, 2.45) is 0 Å². The van der Waals surface area contributed by atoms with Crippen molar-refractivity contribution in [1.82, 2.24) is 4.90 Å². The third-order valence-electron chi connectivity index (χ3n) is 4.31. The van der Waals surface area contributed by atoms with Crippen LogP contribution in [0.2, 0.25) is 0 Å². The largest absolute Gasteiger partial charge is 0.508 e. The number of rotatable bonds is 7. The van der Waals surface area contributed by atoms with Crippen LogP contribution in [0, 0.1) is 0 Å². The van der Waals surface area contributed by atoms with E-state index in [1.807, 2.05) is 18.2 Å². The van der Waals surface area contributed by atoms with Crippen molar-refractivity contribution in [3.05, 3.63) is 29.8 Å². The minimum atomic E-state index is -0.134. The maximum Gasteiger partial charge on any atom is 0.115 e. The number of phenols is 1. The van der Waals surface area contributed by atoms with Gasteiger partial charge in [-0.15, -0.1) is 0 Å². The van der Waals surface area contributed by atoms with E-state index >= 15 is 0 Å². The Morgan fingerprint density at radius 1 is 1.23 bits per heavy atom. The Kier molecular flexibility index (Phi) is 6.68. The Morgan fingerprint density at radius 3 is 2.59 bits per heavy atom. The first-order valence-electron chi connectivity index (χ1n) is 8.36. The average molecular weight is 307 g/mol. The molecule has 0 atom stereocenters. The Balaban J connectivity index is 1.97. The normalized spacial score (nSPS) is 22.4. The SMILES string of the molecule is CC(C)OCCN(Cc1cccc(O)c1)C1CCC(O)CC1.